The molecule has 164 valence electrons. The highest BCUT2D eigenvalue weighted by Gasteiger charge is 2.63. The normalized spacial score (nSPS) is 33.8. The van der Waals surface area contributed by atoms with Crippen LogP contribution in [-0.2, 0) is 23.9 Å². The van der Waals surface area contributed by atoms with Crippen molar-refractivity contribution < 1.29 is 33.4 Å². The number of furan rings is 1. The van der Waals surface area contributed by atoms with Crippen LogP contribution in [0, 0.1) is 17.3 Å². The molecule has 1 aromatic heterocycles. The Morgan fingerprint density at radius 1 is 1.43 bits per heavy atom. The lowest BCUT2D eigenvalue weighted by molar-refractivity contribution is -0.193. The van der Waals surface area contributed by atoms with Gasteiger partial charge in [-0.1, -0.05) is 13.5 Å². The predicted molar refractivity (Wildman–Crippen MR) is 108 cm³/mol. The van der Waals surface area contributed by atoms with Gasteiger partial charge in [0.25, 0.3) is 0 Å². The molecule has 1 spiro atoms. The number of ketones is 2. The lowest BCUT2D eigenvalue weighted by Crippen LogP contribution is -2.57. The van der Waals surface area contributed by atoms with Crippen LogP contribution in [0.3, 0.4) is 0 Å². The summed E-state index contributed by atoms with van der Waals surface area (Å²) >= 11 is 5.60. The molecule has 1 saturated heterocycles. The number of esters is 1. The molecule has 1 unspecified atom stereocenters. The number of hydrogen-bond donors (Lipinski definition) is 1. The zero-order valence-corrected chi connectivity index (χ0v) is 17.9. The highest BCUT2D eigenvalue weighted by Crippen LogP contribution is 2.60. The summed E-state index contributed by atoms with van der Waals surface area (Å²) in [5, 5.41) is 11.1. The van der Waals surface area contributed by atoms with E-state index in [0.29, 0.717) is 19.3 Å². The van der Waals surface area contributed by atoms with E-state index in [2.05, 4.69) is 6.58 Å². The largest absolute Gasteiger partial charge is 0.472 e. The van der Waals surface area contributed by atoms with Crippen molar-refractivity contribution in [2.75, 3.05) is 5.88 Å². The molecule has 6 atom stereocenters. The van der Waals surface area contributed by atoms with Gasteiger partial charge in [0.05, 0.1) is 24.5 Å². The van der Waals surface area contributed by atoms with E-state index in [-0.39, 0.29) is 29.4 Å². The van der Waals surface area contributed by atoms with E-state index >= 15 is 0 Å². The van der Waals surface area contributed by atoms with E-state index in [9.17, 15) is 19.5 Å². The average Bonchev–Trinajstić information content (AvgIpc) is 3.35. The molecule has 1 aliphatic heterocycles. The molecule has 1 N–H and O–H groups in total. The van der Waals surface area contributed by atoms with Gasteiger partial charge in [-0.25, -0.2) is 0 Å². The molecule has 8 heteroatoms. The maximum absolute atomic E-state index is 13.0. The summed E-state index contributed by atoms with van der Waals surface area (Å²) in [6, 6.07) is 1.77. The average molecular weight is 439 g/mol. The molecule has 0 bridgehead atoms. The maximum atomic E-state index is 13.0. The van der Waals surface area contributed by atoms with Crippen LogP contribution in [0.4, 0.5) is 0 Å². The molecule has 7 nitrogen and oxygen atoms in total. The topological polar surface area (TPSA) is 103 Å². The van der Waals surface area contributed by atoms with Crippen LogP contribution in [-0.4, -0.2) is 40.9 Å². The van der Waals surface area contributed by atoms with Crippen LogP contribution in [0.15, 0.2) is 35.2 Å². The summed E-state index contributed by atoms with van der Waals surface area (Å²) in [7, 11) is 0. The van der Waals surface area contributed by atoms with Gasteiger partial charge < -0.3 is 19.0 Å². The molecule has 2 heterocycles. The van der Waals surface area contributed by atoms with Crippen molar-refractivity contribution in [1.29, 1.82) is 0 Å². The summed E-state index contributed by atoms with van der Waals surface area (Å²) in [4.78, 5) is 36.3. The SMILES string of the molecule is C=C1C(=O)[C@@H](OC(C)=O)[C@@H](C)[C@]2(C[C@@H](c3ccoc3)OC2O)[C@H]1CCCC(=O)CCl. The second kappa shape index (κ2) is 9.04. The first-order chi connectivity index (χ1) is 14.2. The molecule has 1 saturated carbocycles. The number of carbonyl (C=O) groups excluding carboxylic acids is 3. The highest BCUT2D eigenvalue weighted by molar-refractivity contribution is 6.27. The molecule has 2 fully saturated rings. The Morgan fingerprint density at radius 2 is 2.17 bits per heavy atom. The Kier molecular flexibility index (Phi) is 6.84. The van der Waals surface area contributed by atoms with Crippen molar-refractivity contribution >= 4 is 29.1 Å². The Labute approximate surface area is 180 Å². The van der Waals surface area contributed by atoms with Crippen molar-refractivity contribution in [2.45, 2.75) is 58.0 Å². The summed E-state index contributed by atoms with van der Waals surface area (Å²) in [6.45, 7) is 7.03. The van der Waals surface area contributed by atoms with E-state index in [1.54, 1.807) is 19.3 Å². The second-order valence-corrected chi connectivity index (χ2v) is 8.44. The number of aliphatic hydroxyl groups is 1. The molecule has 3 rings (SSSR count). The lowest BCUT2D eigenvalue weighted by Gasteiger charge is -2.50. The van der Waals surface area contributed by atoms with Crippen LogP contribution in [0.2, 0.25) is 0 Å². The number of alkyl halides is 1. The van der Waals surface area contributed by atoms with E-state index in [1.807, 2.05) is 0 Å². The Bertz CT molecular complexity index is 817. The summed E-state index contributed by atoms with van der Waals surface area (Å²) in [5.41, 5.74) is 0.158. The first-order valence-corrected chi connectivity index (χ1v) is 10.6. The summed E-state index contributed by atoms with van der Waals surface area (Å²) in [5.74, 6) is -2.01. The molecule has 1 aliphatic carbocycles. The van der Waals surface area contributed by atoms with Gasteiger partial charge in [-0.05, 0) is 36.8 Å². The maximum Gasteiger partial charge on any atom is 0.303 e. The fraction of sp³-hybridized carbons (Fsp3) is 0.591. The molecular weight excluding hydrogens is 412 g/mol. The molecule has 0 amide bonds. The van der Waals surface area contributed by atoms with Gasteiger partial charge in [0, 0.05) is 30.2 Å². The van der Waals surface area contributed by atoms with E-state index in [1.165, 1.54) is 13.2 Å². The van der Waals surface area contributed by atoms with Crippen molar-refractivity contribution in [3.05, 3.63) is 36.3 Å². The van der Waals surface area contributed by atoms with E-state index < -0.39 is 41.7 Å². The first kappa shape index (κ1) is 22.7. The van der Waals surface area contributed by atoms with Crippen LogP contribution in [0.1, 0.15) is 51.2 Å². The van der Waals surface area contributed by atoms with Gasteiger partial charge in [-0.2, -0.15) is 0 Å². The van der Waals surface area contributed by atoms with Crippen LogP contribution < -0.4 is 0 Å². The smallest absolute Gasteiger partial charge is 0.303 e. The lowest BCUT2D eigenvalue weighted by atomic mass is 9.54. The number of rotatable bonds is 7. The molecule has 30 heavy (non-hydrogen) atoms. The zero-order valence-electron chi connectivity index (χ0n) is 17.1. The van der Waals surface area contributed by atoms with Gasteiger partial charge in [0.15, 0.2) is 18.2 Å². The standard InChI is InChI=1S/C22H27ClO7/c1-12-17(6-4-5-16(25)10-23)22(13(2)20(19(12)26)29-14(3)24)9-18(30-21(22)27)15-7-8-28-11-15/h7-8,11,13,17-18,20-21,27H,1,4-6,9-10H2,2-3H3/t13-,17+,18+,20+,21?,22-/m1/s1. The van der Waals surface area contributed by atoms with Crippen LogP contribution in [0.25, 0.3) is 0 Å². The predicted octanol–water partition coefficient (Wildman–Crippen LogP) is 3.35. The third kappa shape index (κ3) is 3.98. The third-order valence-corrected chi connectivity index (χ3v) is 6.84. The fourth-order valence-corrected chi connectivity index (χ4v) is 5.12. The first-order valence-electron chi connectivity index (χ1n) is 10.1. The molecule has 0 aromatic carbocycles. The summed E-state index contributed by atoms with van der Waals surface area (Å²) in [6.07, 6.45) is 2.03. The van der Waals surface area contributed by atoms with Crippen LogP contribution >= 0.6 is 11.6 Å². The molecule has 0 radical (unpaired) electrons. The molecule has 1 aromatic rings. The monoisotopic (exact) mass is 438 g/mol. The van der Waals surface area contributed by atoms with Gasteiger partial charge in [-0.3, -0.25) is 14.4 Å². The number of hydrogen-bond acceptors (Lipinski definition) is 7. The van der Waals surface area contributed by atoms with E-state index in [4.69, 9.17) is 25.5 Å². The number of halogens is 1. The van der Waals surface area contributed by atoms with Crippen LogP contribution in [0.5, 0.6) is 0 Å². The Balaban J connectivity index is 1.96. The van der Waals surface area contributed by atoms with Crippen molar-refractivity contribution in [2.24, 2.45) is 17.3 Å². The Morgan fingerprint density at radius 3 is 2.77 bits per heavy atom. The van der Waals surface area contributed by atoms with Gasteiger partial charge in [0.2, 0.25) is 0 Å². The second-order valence-electron chi connectivity index (χ2n) is 8.18. The zero-order chi connectivity index (χ0) is 22.1. The molecule has 2 aliphatic rings. The quantitative estimate of drug-likeness (QED) is 0.395. The van der Waals surface area contributed by atoms with Crippen molar-refractivity contribution in [3.63, 3.8) is 0 Å². The Hall–Kier alpha value is -1.96. The number of carbonyl (C=O) groups is 3. The van der Waals surface area contributed by atoms with E-state index in [0.717, 1.165) is 5.56 Å². The van der Waals surface area contributed by atoms with Crippen molar-refractivity contribution in [1.82, 2.24) is 0 Å². The number of aliphatic hydroxyl groups excluding tert-OH is 1. The number of ether oxygens (including phenoxy) is 2. The minimum Gasteiger partial charge on any atom is -0.472 e. The summed E-state index contributed by atoms with van der Waals surface area (Å²) < 4.78 is 16.4. The molecular formula is C22H27ClO7. The van der Waals surface area contributed by atoms with Gasteiger partial charge >= 0.3 is 5.97 Å². The highest BCUT2D eigenvalue weighted by atomic mass is 35.5. The van der Waals surface area contributed by atoms with Crippen molar-refractivity contribution in [3.8, 4) is 0 Å². The minimum absolute atomic E-state index is 0.0606. The minimum atomic E-state index is -1.20. The number of Topliss-reactive ketones (excluding diaryl/α,β-unsaturated/α-hetero) is 2. The third-order valence-electron chi connectivity index (χ3n) is 6.54. The van der Waals surface area contributed by atoms with Gasteiger partial charge in [0.1, 0.15) is 5.78 Å². The van der Waals surface area contributed by atoms with Gasteiger partial charge in [-0.15, -0.1) is 11.6 Å². The fourth-order valence-electron chi connectivity index (χ4n) is 4.98.